The van der Waals surface area contributed by atoms with E-state index in [9.17, 15) is 16.8 Å². The van der Waals surface area contributed by atoms with E-state index >= 15 is 0 Å². The summed E-state index contributed by atoms with van der Waals surface area (Å²) in [7, 11) is -6.55. The predicted octanol–water partition coefficient (Wildman–Crippen LogP) is -0.171. The molecule has 0 spiro atoms. The second kappa shape index (κ2) is 5.10. The second-order valence-electron chi connectivity index (χ2n) is 4.55. The monoisotopic (exact) mass is 304 g/mol. The molecule has 0 aromatic heterocycles. The van der Waals surface area contributed by atoms with Gasteiger partial charge in [0.25, 0.3) is 0 Å². The van der Waals surface area contributed by atoms with Gasteiger partial charge in [-0.2, -0.15) is 4.31 Å². The van der Waals surface area contributed by atoms with Crippen molar-refractivity contribution in [3.63, 3.8) is 0 Å². The van der Waals surface area contributed by atoms with Crippen LogP contribution in [0.2, 0.25) is 0 Å². The van der Waals surface area contributed by atoms with Gasteiger partial charge in [0, 0.05) is 18.8 Å². The number of rotatable bonds is 3. The number of nitrogens with zero attached hydrogens (tertiary/aromatic N) is 1. The Bertz CT molecular complexity index is 636. The van der Waals surface area contributed by atoms with Gasteiger partial charge in [0.05, 0.1) is 17.3 Å². The van der Waals surface area contributed by atoms with Crippen LogP contribution in [0.4, 0.5) is 5.69 Å². The molecule has 106 valence electrons. The van der Waals surface area contributed by atoms with Crippen LogP contribution in [0.25, 0.3) is 0 Å². The third kappa shape index (κ3) is 3.68. The zero-order valence-corrected chi connectivity index (χ0v) is 12.0. The largest absolute Gasteiger partial charge is 0.399 e. The lowest BCUT2D eigenvalue weighted by atomic mass is 10.2. The van der Waals surface area contributed by atoms with E-state index in [-0.39, 0.29) is 30.3 Å². The first-order valence-corrected chi connectivity index (χ1v) is 9.24. The number of nitrogens with two attached hydrogens (primary N) is 1. The summed E-state index contributed by atoms with van der Waals surface area (Å²) in [6.45, 7) is 0.0826. The molecule has 1 aromatic rings. The molecule has 0 radical (unpaired) electrons. The number of sulfonamides is 1. The number of benzene rings is 1. The Kier molecular flexibility index (Phi) is 3.84. The fourth-order valence-corrected chi connectivity index (χ4v) is 4.86. The van der Waals surface area contributed by atoms with Crippen LogP contribution in [-0.2, 0) is 25.6 Å². The highest BCUT2D eigenvalue weighted by atomic mass is 32.2. The molecule has 0 bridgehead atoms. The Morgan fingerprint density at radius 2 is 1.63 bits per heavy atom. The zero-order chi connectivity index (χ0) is 14.1. The SMILES string of the molecule is Nc1ccc(CS(=O)(=O)N2CCS(=O)(=O)CC2)cc1. The van der Waals surface area contributed by atoms with Gasteiger partial charge in [-0.15, -0.1) is 0 Å². The molecule has 8 heteroatoms. The third-order valence-electron chi connectivity index (χ3n) is 3.03. The van der Waals surface area contributed by atoms with Gasteiger partial charge in [-0.25, -0.2) is 16.8 Å². The second-order valence-corrected chi connectivity index (χ2v) is 8.82. The maximum absolute atomic E-state index is 12.2. The van der Waals surface area contributed by atoms with Crippen molar-refractivity contribution in [1.82, 2.24) is 4.31 Å². The van der Waals surface area contributed by atoms with E-state index in [0.717, 1.165) is 0 Å². The van der Waals surface area contributed by atoms with E-state index in [4.69, 9.17) is 5.73 Å². The maximum Gasteiger partial charge on any atom is 0.218 e. The van der Waals surface area contributed by atoms with Crippen LogP contribution < -0.4 is 5.73 Å². The van der Waals surface area contributed by atoms with Crippen molar-refractivity contribution in [2.75, 3.05) is 30.3 Å². The van der Waals surface area contributed by atoms with Crippen molar-refractivity contribution in [3.8, 4) is 0 Å². The van der Waals surface area contributed by atoms with Gasteiger partial charge in [0.15, 0.2) is 9.84 Å². The highest BCUT2D eigenvalue weighted by Gasteiger charge is 2.29. The number of hydrogen-bond acceptors (Lipinski definition) is 5. The molecule has 2 N–H and O–H groups in total. The van der Waals surface area contributed by atoms with Crippen LogP contribution >= 0.6 is 0 Å². The number of anilines is 1. The topological polar surface area (TPSA) is 97.5 Å². The first-order chi connectivity index (χ1) is 8.78. The van der Waals surface area contributed by atoms with Gasteiger partial charge in [-0.05, 0) is 17.7 Å². The van der Waals surface area contributed by atoms with Crippen LogP contribution in [-0.4, -0.2) is 45.7 Å². The summed E-state index contributed by atoms with van der Waals surface area (Å²) in [4.78, 5) is 0. The molecule has 2 rings (SSSR count). The summed E-state index contributed by atoms with van der Waals surface area (Å²) in [5.74, 6) is -0.338. The molecule has 1 aliphatic heterocycles. The van der Waals surface area contributed by atoms with Gasteiger partial charge in [0.1, 0.15) is 0 Å². The third-order valence-corrected chi connectivity index (χ3v) is 6.48. The predicted molar refractivity (Wildman–Crippen MR) is 73.7 cm³/mol. The molecule has 1 aliphatic rings. The van der Waals surface area contributed by atoms with E-state index in [0.29, 0.717) is 11.3 Å². The van der Waals surface area contributed by atoms with E-state index in [1.54, 1.807) is 24.3 Å². The number of nitrogen functional groups attached to an aromatic ring is 1. The summed E-state index contributed by atoms with van der Waals surface area (Å²) in [6, 6.07) is 6.61. The van der Waals surface area contributed by atoms with Gasteiger partial charge < -0.3 is 5.73 Å². The summed E-state index contributed by atoms with van der Waals surface area (Å²) in [5, 5.41) is 0. The summed E-state index contributed by atoms with van der Waals surface area (Å²) in [5.41, 5.74) is 6.75. The molecule has 0 amide bonds. The van der Waals surface area contributed by atoms with Crippen molar-refractivity contribution >= 4 is 25.5 Å². The Hall–Kier alpha value is -1.12. The molecule has 19 heavy (non-hydrogen) atoms. The first-order valence-electron chi connectivity index (χ1n) is 5.81. The normalized spacial score (nSPS) is 20.2. The maximum atomic E-state index is 12.2. The van der Waals surface area contributed by atoms with Gasteiger partial charge in [0.2, 0.25) is 10.0 Å². The first kappa shape index (κ1) is 14.3. The zero-order valence-electron chi connectivity index (χ0n) is 10.3. The van der Waals surface area contributed by atoms with E-state index in [1.165, 1.54) is 4.31 Å². The van der Waals surface area contributed by atoms with Crippen molar-refractivity contribution in [1.29, 1.82) is 0 Å². The Labute approximate surface area is 113 Å². The van der Waals surface area contributed by atoms with Crippen LogP contribution in [0.3, 0.4) is 0 Å². The molecule has 0 atom stereocenters. The molecular formula is C11H16N2O4S2. The molecule has 0 aliphatic carbocycles. The number of sulfone groups is 1. The lowest BCUT2D eigenvalue weighted by molar-refractivity contribution is 0.430. The van der Waals surface area contributed by atoms with E-state index in [1.807, 2.05) is 0 Å². The quantitative estimate of drug-likeness (QED) is 0.782. The van der Waals surface area contributed by atoms with Gasteiger partial charge in [-0.1, -0.05) is 12.1 Å². The minimum atomic E-state index is -3.47. The highest BCUT2D eigenvalue weighted by Crippen LogP contribution is 2.15. The van der Waals surface area contributed by atoms with Gasteiger partial charge >= 0.3 is 0 Å². The minimum Gasteiger partial charge on any atom is -0.399 e. The molecule has 1 saturated heterocycles. The fraction of sp³-hybridized carbons (Fsp3) is 0.455. The van der Waals surface area contributed by atoms with Crippen molar-refractivity contribution in [2.45, 2.75) is 5.75 Å². The van der Waals surface area contributed by atoms with Crippen LogP contribution in [0.1, 0.15) is 5.56 Å². The molecule has 1 heterocycles. The average molecular weight is 304 g/mol. The Morgan fingerprint density at radius 3 is 2.16 bits per heavy atom. The smallest absolute Gasteiger partial charge is 0.218 e. The molecule has 1 fully saturated rings. The van der Waals surface area contributed by atoms with Crippen LogP contribution in [0.5, 0.6) is 0 Å². The standard InChI is InChI=1S/C11H16N2O4S2/c12-11-3-1-10(2-4-11)9-19(16,17)13-5-7-18(14,15)8-6-13/h1-4H,5-9,12H2. The lowest BCUT2D eigenvalue weighted by Gasteiger charge is -2.25. The fourth-order valence-electron chi connectivity index (χ4n) is 1.89. The van der Waals surface area contributed by atoms with Gasteiger partial charge in [-0.3, -0.25) is 0 Å². The van der Waals surface area contributed by atoms with Crippen molar-refractivity contribution in [2.24, 2.45) is 0 Å². The Balaban J connectivity index is 2.09. The van der Waals surface area contributed by atoms with Crippen molar-refractivity contribution < 1.29 is 16.8 Å². The molecule has 0 saturated carbocycles. The Morgan fingerprint density at radius 1 is 1.11 bits per heavy atom. The molecule has 0 unspecified atom stereocenters. The van der Waals surface area contributed by atoms with E-state index < -0.39 is 19.9 Å². The van der Waals surface area contributed by atoms with E-state index in [2.05, 4.69) is 0 Å². The molecule has 6 nitrogen and oxygen atoms in total. The summed E-state index contributed by atoms with van der Waals surface area (Å²) >= 11 is 0. The van der Waals surface area contributed by atoms with Crippen molar-refractivity contribution in [3.05, 3.63) is 29.8 Å². The molecular weight excluding hydrogens is 288 g/mol. The summed E-state index contributed by atoms with van der Waals surface area (Å²) in [6.07, 6.45) is 0. The molecule has 1 aromatic carbocycles. The lowest BCUT2D eigenvalue weighted by Crippen LogP contribution is -2.44. The van der Waals surface area contributed by atoms with Crippen LogP contribution in [0.15, 0.2) is 24.3 Å². The summed E-state index contributed by atoms with van der Waals surface area (Å²) < 4.78 is 48.1. The number of hydrogen-bond donors (Lipinski definition) is 1. The van der Waals surface area contributed by atoms with Crippen LogP contribution in [0, 0.1) is 0 Å². The highest BCUT2D eigenvalue weighted by molar-refractivity contribution is 7.92. The average Bonchev–Trinajstić information content (AvgIpc) is 2.31. The minimum absolute atomic E-state index is 0.0413.